The molecule has 0 unspecified atom stereocenters. The number of nitriles is 1. The lowest BCUT2D eigenvalue weighted by atomic mass is 10.2. The summed E-state index contributed by atoms with van der Waals surface area (Å²) in [5, 5.41) is 12.3. The summed E-state index contributed by atoms with van der Waals surface area (Å²) in [6.45, 7) is 2.18. The number of rotatable bonds is 3. The van der Waals surface area contributed by atoms with Crippen LogP contribution in [0.15, 0.2) is 40.1 Å². The summed E-state index contributed by atoms with van der Waals surface area (Å²) in [6.07, 6.45) is 0. The average Bonchev–Trinajstić information content (AvgIpc) is 3.37. The Morgan fingerprint density at radius 2 is 2.00 bits per heavy atom. The van der Waals surface area contributed by atoms with Gasteiger partial charge in [0.25, 0.3) is 5.91 Å². The molecule has 28 heavy (non-hydrogen) atoms. The molecule has 1 saturated heterocycles. The standard InChI is InChI=1S/C19H14Cl2N4O2S/c20-12-3-4-13(14(21)10-12)17-23-15(11-22)19(27-17)25-7-5-24(6-8-25)18(26)16-2-1-9-28-16/h1-4,9-10H,5-8H2. The second kappa shape index (κ2) is 7.84. The van der Waals surface area contributed by atoms with Crippen LogP contribution in [-0.4, -0.2) is 42.0 Å². The van der Waals surface area contributed by atoms with E-state index in [9.17, 15) is 10.1 Å². The number of thiophene rings is 1. The topological polar surface area (TPSA) is 73.4 Å². The Balaban J connectivity index is 1.53. The molecule has 3 heterocycles. The molecule has 142 valence electrons. The molecule has 0 atom stereocenters. The zero-order chi connectivity index (χ0) is 19.7. The minimum absolute atomic E-state index is 0.0290. The van der Waals surface area contributed by atoms with Gasteiger partial charge in [0.2, 0.25) is 17.5 Å². The molecule has 1 aliphatic rings. The molecular formula is C19H14Cl2N4O2S. The van der Waals surface area contributed by atoms with E-state index in [1.807, 2.05) is 27.3 Å². The van der Waals surface area contributed by atoms with Gasteiger partial charge in [-0.1, -0.05) is 29.3 Å². The van der Waals surface area contributed by atoms with Gasteiger partial charge in [-0.3, -0.25) is 4.79 Å². The summed E-state index contributed by atoms with van der Waals surface area (Å²) in [4.78, 5) is 21.2. The van der Waals surface area contributed by atoms with Gasteiger partial charge in [-0.15, -0.1) is 11.3 Å². The van der Waals surface area contributed by atoms with Gasteiger partial charge in [-0.05, 0) is 29.6 Å². The number of aromatic nitrogens is 1. The molecule has 9 heteroatoms. The zero-order valence-electron chi connectivity index (χ0n) is 14.6. The number of anilines is 1. The quantitative estimate of drug-likeness (QED) is 0.606. The monoisotopic (exact) mass is 432 g/mol. The minimum atomic E-state index is 0.0290. The largest absolute Gasteiger partial charge is 0.419 e. The fraction of sp³-hybridized carbons (Fsp3) is 0.211. The Kier molecular flexibility index (Phi) is 5.27. The normalized spacial score (nSPS) is 14.2. The molecule has 1 amide bonds. The molecule has 2 aromatic heterocycles. The maximum Gasteiger partial charge on any atom is 0.264 e. The highest BCUT2D eigenvalue weighted by molar-refractivity contribution is 7.12. The Morgan fingerprint density at radius 1 is 1.21 bits per heavy atom. The van der Waals surface area contributed by atoms with Crippen molar-refractivity contribution < 1.29 is 9.21 Å². The maximum absolute atomic E-state index is 12.5. The van der Waals surface area contributed by atoms with Crippen LogP contribution in [0.25, 0.3) is 11.5 Å². The molecule has 4 rings (SSSR count). The van der Waals surface area contributed by atoms with Crippen molar-refractivity contribution in [2.24, 2.45) is 0 Å². The van der Waals surface area contributed by atoms with E-state index in [2.05, 4.69) is 11.1 Å². The van der Waals surface area contributed by atoms with E-state index in [1.54, 1.807) is 18.2 Å². The highest BCUT2D eigenvalue weighted by atomic mass is 35.5. The van der Waals surface area contributed by atoms with Crippen LogP contribution >= 0.6 is 34.5 Å². The number of nitrogens with zero attached hydrogens (tertiary/aromatic N) is 4. The molecule has 0 N–H and O–H groups in total. The summed E-state index contributed by atoms with van der Waals surface area (Å²) in [5.41, 5.74) is 0.763. The summed E-state index contributed by atoms with van der Waals surface area (Å²) < 4.78 is 5.88. The predicted octanol–water partition coefficient (Wildman–Crippen LogP) is 4.54. The highest BCUT2D eigenvalue weighted by Gasteiger charge is 2.27. The Hall–Kier alpha value is -2.53. The van der Waals surface area contributed by atoms with E-state index in [4.69, 9.17) is 27.6 Å². The molecule has 1 aromatic carbocycles. The first-order valence-electron chi connectivity index (χ1n) is 8.51. The van der Waals surface area contributed by atoms with Crippen LogP contribution in [0.4, 0.5) is 5.88 Å². The summed E-state index contributed by atoms with van der Waals surface area (Å²) in [5.74, 6) is 0.693. The lowest BCUT2D eigenvalue weighted by Gasteiger charge is -2.34. The third-order valence-corrected chi connectivity index (χ3v) is 5.87. The Bertz CT molecular complexity index is 1050. The van der Waals surface area contributed by atoms with Crippen LogP contribution in [0.5, 0.6) is 0 Å². The fourth-order valence-corrected chi connectivity index (χ4v) is 4.23. The first-order valence-corrected chi connectivity index (χ1v) is 10.1. The molecule has 0 radical (unpaired) electrons. The average molecular weight is 433 g/mol. The summed E-state index contributed by atoms with van der Waals surface area (Å²) in [7, 11) is 0. The number of piperazine rings is 1. The molecule has 0 saturated carbocycles. The van der Waals surface area contributed by atoms with Crippen LogP contribution in [0.2, 0.25) is 10.0 Å². The second-order valence-electron chi connectivity index (χ2n) is 6.17. The fourth-order valence-electron chi connectivity index (χ4n) is 3.05. The van der Waals surface area contributed by atoms with Gasteiger partial charge < -0.3 is 14.2 Å². The molecule has 0 spiro atoms. The van der Waals surface area contributed by atoms with Gasteiger partial charge in [-0.25, -0.2) is 0 Å². The third kappa shape index (κ3) is 3.59. The van der Waals surface area contributed by atoms with Crippen molar-refractivity contribution in [1.82, 2.24) is 9.88 Å². The van der Waals surface area contributed by atoms with Gasteiger partial charge in [-0.2, -0.15) is 10.2 Å². The van der Waals surface area contributed by atoms with Crippen LogP contribution in [0, 0.1) is 11.3 Å². The van der Waals surface area contributed by atoms with Crippen molar-refractivity contribution in [2.45, 2.75) is 0 Å². The van der Waals surface area contributed by atoms with Crippen molar-refractivity contribution in [2.75, 3.05) is 31.1 Å². The van der Waals surface area contributed by atoms with E-state index in [-0.39, 0.29) is 17.5 Å². The van der Waals surface area contributed by atoms with Crippen molar-refractivity contribution in [3.05, 3.63) is 56.3 Å². The number of halogens is 2. The molecular weight excluding hydrogens is 419 g/mol. The van der Waals surface area contributed by atoms with Crippen LogP contribution < -0.4 is 4.90 Å². The summed E-state index contributed by atoms with van der Waals surface area (Å²) >= 11 is 13.6. The lowest BCUT2D eigenvalue weighted by molar-refractivity contribution is 0.0750. The zero-order valence-corrected chi connectivity index (χ0v) is 16.9. The number of hydrogen-bond acceptors (Lipinski definition) is 6. The van der Waals surface area contributed by atoms with Crippen molar-refractivity contribution >= 4 is 46.3 Å². The van der Waals surface area contributed by atoms with Crippen molar-refractivity contribution in [3.63, 3.8) is 0 Å². The van der Waals surface area contributed by atoms with E-state index in [1.165, 1.54) is 11.3 Å². The van der Waals surface area contributed by atoms with E-state index < -0.39 is 0 Å². The first-order chi connectivity index (χ1) is 13.6. The van der Waals surface area contributed by atoms with Gasteiger partial charge in [0.15, 0.2) is 0 Å². The molecule has 1 fully saturated rings. The lowest BCUT2D eigenvalue weighted by Crippen LogP contribution is -2.48. The molecule has 0 bridgehead atoms. The van der Waals surface area contributed by atoms with Gasteiger partial charge in [0.05, 0.1) is 15.5 Å². The number of hydrogen-bond donors (Lipinski definition) is 0. The van der Waals surface area contributed by atoms with Crippen LogP contribution in [-0.2, 0) is 0 Å². The molecule has 1 aliphatic heterocycles. The predicted molar refractivity (Wildman–Crippen MR) is 109 cm³/mol. The number of carbonyl (C=O) groups excluding carboxylic acids is 1. The number of amides is 1. The highest BCUT2D eigenvalue weighted by Crippen LogP contribution is 2.34. The smallest absolute Gasteiger partial charge is 0.264 e. The number of oxazole rings is 1. The minimum Gasteiger partial charge on any atom is -0.419 e. The van der Waals surface area contributed by atoms with E-state index >= 15 is 0 Å². The second-order valence-corrected chi connectivity index (χ2v) is 7.96. The van der Waals surface area contributed by atoms with Crippen LogP contribution in [0.1, 0.15) is 15.4 Å². The van der Waals surface area contributed by atoms with Gasteiger partial charge in [0.1, 0.15) is 6.07 Å². The first kappa shape index (κ1) is 18.8. The summed E-state index contributed by atoms with van der Waals surface area (Å²) in [6, 6.07) is 10.8. The van der Waals surface area contributed by atoms with E-state index in [0.717, 1.165) is 4.88 Å². The van der Waals surface area contributed by atoms with Gasteiger partial charge >= 0.3 is 0 Å². The van der Waals surface area contributed by atoms with Crippen molar-refractivity contribution in [3.8, 4) is 17.5 Å². The number of benzene rings is 1. The van der Waals surface area contributed by atoms with Crippen molar-refractivity contribution in [1.29, 1.82) is 5.26 Å². The molecule has 0 aliphatic carbocycles. The maximum atomic E-state index is 12.5. The molecule has 3 aromatic rings. The molecule has 6 nitrogen and oxygen atoms in total. The Morgan fingerprint density at radius 3 is 2.64 bits per heavy atom. The Labute approximate surface area is 175 Å². The van der Waals surface area contributed by atoms with Gasteiger partial charge in [0, 0.05) is 31.2 Å². The van der Waals surface area contributed by atoms with E-state index in [0.29, 0.717) is 47.7 Å². The third-order valence-electron chi connectivity index (χ3n) is 4.46. The van der Waals surface area contributed by atoms with Crippen LogP contribution in [0.3, 0.4) is 0 Å². The SMILES string of the molecule is N#Cc1nc(-c2ccc(Cl)cc2Cl)oc1N1CCN(C(=O)c2cccs2)CC1. The number of carbonyl (C=O) groups is 1.